The molecule has 1 fully saturated rings. The lowest BCUT2D eigenvalue weighted by molar-refractivity contribution is -0.137. The number of benzene rings is 1. The van der Waals surface area contributed by atoms with Gasteiger partial charge in [0.1, 0.15) is 12.6 Å². The lowest BCUT2D eigenvalue weighted by Gasteiger charge is -2.28. The molecule has 0 N–H and O–H groups in total. The maximum absolute atomic E-state index is 14.6. The molecule has 12 heteroatoms. The molecule has 1 atom stereocenters. The van der Waals surface area contributed by atoms with Crippen LogP contribution in [0.4, 0.5) is 22.0 Å². The van der Waals surface area contributed by atoms with E-state index in [0.29, 0.717) is 11.9 Å². The molecule has 4 rings (SSSR count). The van der Waals surface area contributed by atoms with Gasteiger partial charge in [0, 0.05) is 25.2 Å². The summed E-state index contributed by atoms with van der Waals surface area (Å²) in [5.41, 5.74) is 0.218. The Hall–Kier alpha value is -3.57. The van der Waals surface area contributed by atoms with E-state index >= 15 is 0 Å². The van der Waals surface area contributed by atoms with Gasteiger partial charge in [-0.15, -0.1) is 0 Å². The summed E-state index contributed by atoms with van der Waals surface area (Å²) < 4.78 is 72.6. The van der Waals surface area contributed by atoms with Gasteiger partial charge in [-0.3, -0.25) is 4.79 Å². The first kappa shape index (κ1) is 22.6. The molecule has 2 aromatic heterocycles. The van der Waals surface area contributed by atoms with Gasteiger partial charge in [-0.2, -0.15) is 28.2 Å². The fourth-order valence-electron chi connectivity index (χ4n) is 3.56. The predicted molar refractivity (Wildman–Crippen MR) is 105 cm³/mol. The van der Waals surface area contributed by atoms with Crippen molar-refractivity contribution in [1.82, 2.24) is 24.9 Å². The second kappa shape index (κ2) is 8.41. The number of alkyl halides is 5. The van der Waals surface area contributed by atoms with E-state index in [9.17, 15) is 26.7 Å². The van der Waals surface area contributed by atoms with E-state index in [0.717, 1.165) is 22.6 Å². The normalized spacial score (nSPS) is 17.9. The second-order valence-corrected chi connectivity index (χ2v) is 7.56. The van der Waals surface area contributed by atoms with Gasteiger partial charge in [-0.1, -0.05) is 11.6 Å². The minimum atomic E-state index is -4.58. The number of ether oxygens (including phenoxy) is 1. The minimum Gasteiger partial charge on any atom is -0.475 e. The number of aromatic nitrogens is 4. The van der Waals surface area contributed by atoms with Gasteiger partial charge in [0.05, 0.1) is 29.2 Å². The van der Waals surface area contributed by atoms with Crippen molar-refractivity contribution in [2.45, 2.75) is 31.5 Å². The highest BCUT2D eigenvalue weighted by Gasteiger charge is 2.51. The number of likely N-dealkylation sites (tertiary alicyclic amines) is 1. The Morgan fingerprint density at radius 1 is 1.18 bits per heavy atom. The molecule has 1 saturated heterocycles. The second-order valence-electron chi connectivity index (χ2n) is 7.56. The van der Waals surface area contributed by atoms with Gasteiger partial charge < -0.3 is 9.64 Å². The number of amides is 1. The largest absolute Gasteiger partial charge is 0.475 e. The molecule has 33 heavy (non-hydrogen) atoms. The summed E-state index contributed by atoms with van der Waals surface area (Å²) in [6, 6.07) is 4.98. The van der Waals surface area contributed by atoms with Crippen LogP contribution in [0.5, 0.6) is 5.88 Å². The summed E-state index contributed by atoms with van der Waals surface area (Å²) in [5, 5.41) is 8.01. The van der Waals surface area contributed by atoms with Gasteiger partial charge in [-0.25, -0.2) is 13.8 Å². The van der Waals surface area contributed by atoms with Crippen LogP contribution in [-0.2, 0) is 6.18 Å². The van der Waals surface area contributed by atoms with Crippen molar-refractivity contribution in [3.05, 3.63) is 65.6 Å². The minimum absolute atomic E-state index is 0.140. The molecular weight excluding hydrogens is 449 g/mol. The molecule has 0 bridgehead atoms. The number of rotatable bonds is 5. The topological polar surface area (TPSA) is 73.1 Å². The Labute approximate surface area is 184 Å². The molecule has 0 aliphatic carbocycles. The van der Waals surface area contributed by atoms with E-state index in [-0.39, 0.29) is 18.0 Å². The molecule has 1 aromatic carbocycles. The molecule has 1 aliphatic rings. The molecule has 174 valence electrons. The quantitative estimate of drug-likeness (QED) is 0.532. The zero-order chi connectivity index (χ0) is 23.8. The number of nitrogens with zero attached hydrogens (tertiary/aromatic N) is 5. The maximum atomic E-state index is 14.6. The molecule has 0 radical (unpaired) electrons. The van der Waals surface area contributed by atoms with E-state index in [4.69, 9.17) is 4.74 Å². The number of hydrogen-bond acceptors (Lipinski definition) is 5. The van der Waals surface area contributed by atoms with Gasteiger partial charge >= 0.3 is 6.18 Å². The number of hydrogen-bond donors (Lipinski definition) is 0. The van der Waals surface area contributed by atoms with Crippen molar-refractivity contribution in [2.24, 2.45) is 0 Å². The highest BCUT2D eigenvalue weighted by Crippen LogP contribution is 2.36. The number of aryl methyl sites for hydroxylation is 1. The van der Waals surface area contributed by atoms with Crippen molar-refractivity contribution < 1.29 is 31.5 Å². The van der Waals surface area contributed by atoms with E-state index < -0.39 is 42.6 Å². The van der Waals surface area contributed by atoms with Gasteiger partial charge in [0.2, 0.25) is 5.88 Å². The van der Waals surface area contributed by atoms with Crippen LogP contribution in [0.25, 0.3) is 5.69 Å². The predicted octanol–water partition coefficient (Wildman–Crippen LogP) is 3.92. The van der Waals surface area contributed by atoms with Crippen molar-refractivity contribution >= 4 is 5.91 Å². The summed E-state index contributed by atoms with van der Waals surface area (Å²) in [5.74, 6) is -4.16. The first-order valence-electron chi connectivity index (χ1n) is 9.88. The van der Waals surface area contributed by atoms with Crippen molar-refractivity contribution in [1.29, 1.82) is 0 Å². The van der Waals surface area contributed by atoms with Crippen LogP contribution in [0.3, 0.4) is 0 Å². The Bertz CT molecular complexity index is 1130. The van der Waals surface area contributed by atoms with Crippen molar-refractivity contribution in [3.8, 4) is 11.6 Å². The fraction of sp³-hybridized carbons (Fsp3) is 0.333. The first-order chi connectivity index (χ1) is 15.6. The third-order valence-corrected chi connectivity index (χ3v) is 5.28. The molecule has 0 saturated carbocycles. The summed E-state index contributed by atoms with van der Waals surface area (Å²) in [6.45, 7) is 0.894. The Kier molecular flexibility index (Phi) is 5.76. The maximum Gasteiger partial charge on any atom is 0.417 e. The summed E-state index contributed by atoms with van der Waals surface area (Å²) in [6.07, 6.45) is -1.75. The average Bonchev–Trinajstić information content (AvgIpc) is 3.39. The lowest BCUT2D eigenvalue weighted by atomic mass is 10.1. The zero-order valence-corrected chi connectivity index (χ0v) is 17.3. The van der Waals surface area contributed by atoms with Gasteiger partial charge in [0.25, 0.3) is 11.8 Å². The molecule has 1 amide bonds. The molecule has 0 spiro atoms. The van der Waals surface area contributed by atoms with Crippen molar-refractivity contribution in [2.75, 3.05) is 13.2 Å². The molecule has 3 heterocycles. The monoisotopic (exact) mass is 467 g/mol. The molecule has 0 unspecified atom stereocenters. The third-order valence-electron chi connectivity index (χ3n) is 5.28. The number of halogens is 5. The lowest BCUT2D eigenvalue weighted by Crippen LogP contribution is -2.46. The van der Waals surface area contributed by atoms with Crippen LogP contribution in [0.1, 0.15) is 27.9 Å². The first-order valence-corrected chi connectivity index (χ1v) is 9.88. The van der Waals surface area contributed by atoms with Crippen LogP contribution >= 0.6 is 0 Å². The summed E-state index contributed by atoms with van der Waals surface area (Å²) in [7, 11) is 0. The Morgan fingerprint density at radius 2 is 1.91 bits per heavy atom. The van der Waals surface area contributed by atoms with E-state index in [2.05, 4.69) is 15.2 Å². The smallest absolute Gasteiger partial charge is 0.417 e. The molecule has 7 nitrogen and oxygen atoms in total. The standard InChI is InChI=1S/C21H18F5N5O2/c1-13-2-4-16(31-28-7-8-29-31)15(10-13)19(32)30-9-6-20(22,23)17(30)12-33-18-5-3-14(11-27-18)21(24,25)26/h2-5,7-8,10-11,17H,6,9,12H2,1H3/t17-/m1/s1. The molecule has 1 aliphatic heterocycles. The van der Waals surface area contributed by atoms with Gasteiger partial charge in [-0.05, 0) is 25.1 Å². The van der Waals surface area contributed by atoms with Crippen LogP contribution in [0.2, 0.25) is 0 Å². The van der Waals surface area contributed by atoms with Crippen LogP contribution < -0.4 is 4.74 Å². The van der Waals surface area contributed by atoms with Crippen LogP contribution in [-0.4, -0.2) is 55.9 Å². The van der Waals surface area contributed by atoms with E-state index in [1.807, 2.05) is 0 Å². The summed E-state index contributed by atoms with van der Waals surface area (Å²) >= 11 is 0. The molecule has 3 aromatic rings. The average molecular weight is 467 g/mol. The van der Waals surface area contributed by atoms with E-state index in [1.54, 1.807) is 25.1 Å². The zero-order valence-electron chi connectivity index (χ0n) is 17.3. The van der Waals surface area contributed by atoms with Gasteiger partial charge in [0.15, 0.2) is 0 Å². The SMILES string of the molecule is Cc1ccc(-n2nccn2)c(C(=O)N2CCC(F)(F)[C@H]2COc2ccc(C(F)(F)F)cn2)c1. The third kappa shape index (κ3) is 4.64. The number of carbonyl (C=O) groups is 1. The summed E-state index contributed by atoms with van der Waals surface area (Å²) in [4.78, 5) is 19.1. The number of carbonyl (C=O) groups excluding carboxylic acids is 1. The van der Waals surface area contributed by atoms with Crippen LogP contribution in [0, 0.1) is 6.92 Å². The molecular formula is C21H18F5N5O2. The number of pyridine rings is 1. The van der Waals surface area contributed by atoms with E-state index in [1.165, 1.54) is 17.2 Å². The Morgan fingerprint density at radius 3 is 2.55 bits per heavy atom. The van der Waals surface area contributed by atoms with Crippen LogP contribution in [0.15, 0.2) is 48.9 Å². The highest BCUT2D eigenvalue weighted by molar-refractivity contribution is 5.98. The Balaban J connectivity index is 1.57. The fourth-order valence-corrected chi connectivity index (χ4v) is 3.56. The highest BCUT2D eigenvalue weighted by atomic mass is 19.4. The van der Waals surface area contributed by atoms with Crippen molar-refractivity contribution in [3.63, 3.8) is 0 Å².